The van der Waals surface area contributed by atoms with Crippen molar-refractivity contribution in [2.75, 3.05) is 12.4 Å². The second-order valence-corrected chi connectivity index (χ2v) is 5.57. The lowest BCUT2D eigenvalue weighted by Crippen LogP contribution is -2.30. The predicted molar refractivity (Wildman–Crippen MR) is 101 cm³/mol. The Morgan fingerprint density at radius 2 is 1.87 bits per heavy atom. The van der Waals surface area contributed by atoms with E-state index in [0.717, 1.165) is 16.3 Å². The van der Waals surface area contributed by atoms with Gasteiger partial charge >= 0.3 is 7.12 Å². The number of benzene rings is 2. The fraction of sp³-hybridized carbons (Fsp3) is 0.133. The maximum Gasteiger partial charge on any atom is 0.490 e. The van der Waals surface area contributed by atoms with Gasteiger partial charge in [0.2, 0.25) is 0 Å². The molecule has 4 nitrogen and oxygen atoms in total. The van der Waals surface area contributed by atoms with Crippen LogP contribution in [0.25, 0.3) is 0 Å². The van der Waals surface area contributed by atoms with Crippen LogP contribution in [0.1, 0.15) is 5.56 Å². The summed E-state index contributed by atoms with van der Waals surface area (Å²) in [5.41, 5.74) is 3.32. The van der Waals surface area contributed by atoms with Crippen molar-refractivity contribution >= 4 is 59.2 Å². The second kappa shape index (κ2) is 9.75. The Morgan fingerprint density at radius 3 is 2.39 bits per heavy atom. The van der Waals surface area contributed by atoms with Crippen molar-refractivity contribution in [1.29, 1.82) is 0 Å². The fourth-order valence-electron chi connectivity index (χ4n) is 1.74. The van der Waals surface area contributed by atoms with Crippen LogP contribution in [0.2, 0.25) is 10.0 Å². The molecule has 0 heterocycles. The zero-order valence-corrected chi connectivity index (χ0v) is 14.9. The molecule has 8 heteroatoms. The molecule has 0 unspecified atom stereocenters. The molecule has 0 radical (unpaired) electrons. The van der Waals surface area contributed by atoms with E-state index >= 15 is 0 Å². The van der Waals surface area contributed by atoms with E-state index in [1.165, 1.54) is 11.6 Å². The molecular formula is C15H16BCl2NO3S. The van der Waals surface area contributed by atoms with Gasteiger partial charge in [-0.05, 0) is 48.9 Å². The molecule has 0 amide bonds. The Balaban J connectivity index is 0.000000238. The van der Waals surface area contributed by atoms with Crippen LogP contribution in [0.4, 0.5) is 5.69 Å². The van der Waals surface area contributed by atoms with Gasteiger partial charge in [-0.15, -0.1) is 0 Å². The van der Waals surface area contributed by atoms with Crippen molar-refractivity contribution < 1.29 is 14.8 Å². The first-order valence-electron chi connectivity index (χ1n) is 6.55. The number of hydrogen-bond acceptors (Lipinski definition) is 4. The van der Waals surface area contributed by atoms with Gasteiger partial charge in [0.1, 0.15) is 5.75 Å². The van der Waals surface area contributed by atoms with Gasteiger partial charge in [-0.1, -0.05) is 35.4 Å². The predicted octanol–water partition coefficient (Wildman–Crippen LogP) is 3.05. The van der Waals surface area contributed by atoms with Crippen LogP contribution in [-0.2, 0) is 0 Å². The molecule has 0 saturated heterocycles. The average Bonchev–Trinajstić information content (AvgIpc) is 2.50. The quantitative estimate of drug-likeness (QED) is 0.569. The van der Waals surface area contributed by atoms with E-state index < -0.39 is 7.12 Å². The molecule has 2 aromatic rings. The van der Waals surface area contributed by atoms with Gasteiger partial charge in [-0.25, -0.2) is 0 Å². The van der Waals surface area contributed by atoms with Crippen LogP contribution < -0.4 is 15.5 Å². The molecular weight excluding hydrogens is 356 g/mol. The van der Waals surface area contributed by atoms with Crippen molar-refractivity contribution in [3.63, 3.8) is 0 Å². The number of nitrogens with one attached hydrogen (secondary N) is 1. The van der Waals surface area contributed by atoms with Gasteiger partial charge in [0.25, 0.3) is 0 Å². The Kier molecular flexibility index (Phi) is 8.37. The van der Waals surface area contributed by atoms with E-state index in [2.05, 4.69) is 17.5 Å². The number of aryl methyl sites for hydroxylation is 1. The van der Waals surface area contributed by atoms with E-state index in [4.69, 9.17) is 38.0 Å². The van der Waals surface area contributed by atoms with E-state index in [9.17, 15) is 0 Å². The van der Waals surface area contributed by atoms with Crippen LogP contribution in [-0.4, -0.2) is 29.8 Å². The molecule has 0 spiro atoms. The van der Waals surface area contributed by atoms with Crippen LogP contribution in [0, 0.1) is 6.92 Å². The number of anilines is 1. The summed E-state index contributed by atoms with van der Waals surface area (Å²) in [6.45, 7) is 1.96. The lowest BCUT2D eigenvalue weighted by atomic mass is 9.80. The zero-order valence-electron chi connectivity index (χ0n) is 12.6. The van der Waals surface area contributed by atoms with Crippen LogP contribution in [0.15, 0.2) is 36.4 Å². The number of thiocarbonyl (C=S) groups is 1. The molecule has 2 rings (SSSR count). The third kappa shape index (κ3) is 6.37. The molecule has 0 fully saturated rings. The fourth-order valence-corrected chi connectivity index (χ4v) is 2.32. The molecule has 0 aromatic heterocycles. The summed E-state index contributed by atoms with van der Waals surface area (Å²) in [5, 5.41) is 21.6. The maximum absolute atomic E-state index is 8.90. The van der Waals surface area contributed by atoms with Crippen LogP contribution in [0.5, 0.6) is 5.75 Å². The molecule has 23 heavy (non-hydrogen) atoms. The first-order valence-corrected chi connectivity index (χ1v) is 7.77. The summed E-state index contributed by atoms with van der Waals surface area (Å²) >= 11 is 16.0. The Hall–Kier alpha value is -1.31. The summed E-state index contributed by atoms with van der Waals surface area (Å²) in [6, 6.07) is 10.3. The minimum atomic E-state index is -1.57. The number of methoxy groups -OCH3 is 1. The maximum atomic E-state index is 8.90. The molecule has 2 aromatic carbocycles. The third-order valence-electron chi connectivity index (χ3n) is 2.86. The highest BCUT2D eigenvalue weighted by molar-refractivity contribution is 7.79. The lowest BCUT2D eigenvalue weighted by Gasteiger charge is -2.05. The highest BCUT2D eigenvalue weighted by atomic mass is 35.5. The Bertz CT molecular complexity index is 671. The summed E-state index contributed by atoms with van der Waals surface area (Å²) in [4.78, 5) is 0. The summed E-state index contributed by atoms with van der Waals surface area (Å²) < 4.78 is 5.04. The van der Waals surface area contributed by atoms with Gasteiger partial charge in [0.05, 0.1) is 12.6 Å². The minimum Gasteiger partial charge on any atom is -0.496 e. The molecule has 0 aliphatic carbocycles. The Morgan fingerprint density at radius 1 is 1.17 bits per heavy atom. The molecule has 3 N–H and O–H groups in total. The lowest BCUT2D eigenvalue weighted by molar-refractivity contribution is 0.411. The number of hydrogen-bond donors (Lipinski definition) is 3. The van der Waals surface area contributed by atoms with E-state index in [0.29, 0.717) is 10.7 Å². The average molecular weight is 372 g/mol. The minimum absolute atomic E-state index is 0.253. The first kappa shape index (κ1) is 19.7. The molecule has 0 aliphatic rings. The summed E-state index contributed by atoms with van der Waals surface area (Å²) in [7, 11) is 0.0790. The standard InChI is InChI=1S/C8H9ClO.C7H7BClNO2S/c1-6-5-7(9)3-4-8(6)10-2;9-7-2-1-5(10-4-13)3-6(7)8(11)12/h3-5H,1-2H3;1-4,11-12H,(H,10,13). The molecule has 0 atom stereocenters. The largest absolute Gasteiger partial charge is 0.496 e. The monoisotopic (exact) mass is 371 g/mol. The van der Waals surface area contributed by atoms with Crippen molar-refractivity contribution in [2.24, 2.45) is 0 Å². The van der Waals surface area contributed by atoms with E-state index in [1.54, 1.807) is 19.2 Å². The number of ether oxygens (including phenoxy) is 1. The number of rotatable bonds is 4. The highest BCUT2D eigenvalue weighted by Crippen LogP contribution is 2.20. The smallest absolute Gasteiger partial charge is 0.490 e. The summed E-state index contributed by atoms with van der Waals surface area (Å²) in [6.07, 6.45) is 0. The van der Waals surface area contributed by atoms with E-state index in [-0.39, 0.29) is 5.46 Å². The number of halogens is 2. The van der Waals surface area contributed by atoms with Gasteiger partial charge in [-0.2, -0.15) is 0 Å². The SMILES string of the molecule is COc1ccc(Cl)cc1C.OB(O)c1cc(NC=S)ccc1Cl. The van der Waals surface area contributed by atoms with Crippen molar-refractivity contribution in [2.45, 2.75) is 6.92 Å². The molecule has 122 valence electrons. The first-order chi connectivity index (χ1) is 10.9. The van der Waals surface area contributed by atoms with Gasteiger partial charge in [0.15, 0.2) is 0 Å². The molecule has 0 aliphatic heterocycles. The topological polar surface area (TPSA) is 61.7 Å². The third-order valence-corrected chi connectivity index (χ3v) is 3.55. The zero-order chi connectivity index (χ0) is 17.4. The van der Waals surface area contributed by atoms with Gasteiger partial charge in [0, 0.05) is 21.2 Å². The van der Waals surface area contributed by atoms with Crippen LogP contribution in [0.3, 0.4) is 0 Å². The highest BCUT2D eigenvalue weighted by Gasteiger charge is 2.15. The van der Waals surface area contributed by atoms with E-state index in [1.807, 2.05) is 25.1 Å². The van der Waals surface area contributed by atoms with Crippen molar-refractivity contribution in [3.05, 3.63) is 52.0 Å². The summed E-state index contributed by atoms with van der Waals surface area (Å²) in [5.74, 6) is 0.879. The molecule has 0 saturated carbocycles. The second-order valence-electron chi connectivity index (χ2n) is 4.49. The van der Waals surface area contributed by atoms with Crippen LogP contribution >= 0.6 is 35.4 Å². The Labute approximate surface area is 151 Å². The van der Waals surface area contributed by atoms with Crippen molar-refractivity contribution in [1.82, 2.24) is 0 Å². The normalized spacial score (nSPS) is 9.48. The van der Waals surface area contributed by atoms with Crippen molar-refractivity contribution in [3.8, 4) is 5.75 Å². The van der Waals surface area contributed by atoms with Gasteiger partial charge < -0.3 is 20.1 Å². The molecule has 0 bridgehead atoms. The van der Waals surface area contributed by atoms with Gasteiger partial charge in [-0.3, -0.25) is 0 Å².